The average Bonchev–Trinajstić information content (AvgIpc) is 2.64. The highest BCUT2D eigenvalue weighted by Gasteiger charge is 2.22. The van der Waals surface area contributed by atoms with E-state index < -0.39 is 23.9 Å². The van der Waals surface area contributed by atoms with Crippen LogP contribution in [0.15, 0.2) is 30.3 Å². The quantitative estimate of drug-likeness (QED) is 0.396. The van der Waals surface area contributed by atoms with Gasteiger partial charge in [-0.05, 0) is 18.4 Å². The van der Waals surface area contributed by atoms with Crippen LogP contribution in [-0.4, -0.2) is 50.1 Å². The van der Waals surface area contributed by atoms with Gasteiger partial charge in [-0.2, -0.15) is 0 Å². The molecule has 0 heterocycles. The van der Waals surface area contributed by atoms with Gasteiger partial charge in [-0.1, -0.05) is 30.3 Å². The molecule has 0 saturated heterocycles. The van der Waals surface area contributed by atoms with E-state index in [9.17, 15) is 19.2 Å². The highest BCUT2D eigenvalue weighted by molar-refractivity contribution is 5.91. The monoisotopic (exact) mass is 378 g/mol. The molecule has 0 aromatic heterocycles. The molecule has 1 rings (SSSR count). The third kappa shape index (κ3) is 9.83. The smallest absolute Gasteiger partial charge is 0.406 e. The van der Waals surface area contributed by atoms with Gasteiger partial charge in [-0.15, -0.1) is 0 Å². The first-order valence-electron chi connectivity index (χ1n) is 8.66. The van der Waals surface area contributed by atoms with E-state index in [4.69, 9.17) is 10.5 Å². The maximum Gasteiger partial charge on any atom is 0.406 e. The number of alkyl carbamates (subject to hydrolysis) is 1. The summed E-state index contributed by atoms with van der Waals surface area (Å²) in [5.74, 6) is -1.61. The lowest BCUT2D eigenvalue weighted by atomic mass is 10.1. The normalized spacial score (nSPS) is 11.1. The van der Waals surface area contributed by atoms with Crippen LogP contribution < -0.4 is 21.7 Å². The maximum absolute atomic E-state index is 12.1. The van der Waals surface area contributed by atoms with Gasteiger partial charge in [0.15, 0.2) is 0 Å². The van der Waals surface area contributed by atoms with Crippen molar-refractivity contribution in [2.75, 3.05) is 20.2 Å². The predicted octanol–water partition coefficient (Wildman–Crippen LogP) is -0.158. The van der Waals surface area contributed by atoms with Crippen molar-refractivity contribution in [3.8, 4) is 0 Å². The zero-order chi connectivity index (χ0) is 20.1. The number of ether oxygens (including phenoxy) is 1. The number of benzene rings is 1. The number of amides is 4. The van der Waals surface area contributed by atoms with E-state index in [2.05, 4.69) is 16.0 Å². The summed E-state index contributed by atoms with van der Waals surface area (Å²) in [7, 11) is 1.41. The summed E-state index contributed by atoms with van der Waals surface area (Å²) in [5.41, 5.74) is 6.27. The van der Waals surface area contributed by atoms with Crippen molar-refractivity contribution in [3.05, 3.63) is 35.9 Å². The number of hydrogen-bond donors (Lipinski definition) is 4. The van der Waals surface area contributed by atoms with E-state index in [1.165, 1.54) is 7.05 Å². The van der Waals surface area contributed by atoms with Crippen LogP contribution in [0.4, 0.5) is 4.79 Å². The van der Waals surface area contributed by atoms with Gasteiger partial charge in [0.1, 0.15) is 12.6 Å². The van der Waals surface area contributed by atoms with Gasteiger partial charge in [-0.25, -0.2) is 4.79 Å². The van der Waals surface area contributed by atoms with Crippen LogP contribution in [0.5, 0.6) is 0 Å². The Morgan fingerprint density at radius 3 is 2.48 bits per heavy atom. The van der Waals surface area contributed by atoms with Gasteiger partial charge in [0.05, 0.1) is 13.0 Å². The highest BCUT2D eigenvalue weighted by atomic mass is 16.5. The fourth-order valence-electron chi connectivity index (χ4n) is 2.29. The molecule has 9 heteroatoms. The van der Waals surface area contributed by atoms with Gasteiger partial charge in [0.25, 0.3) is 0 Å². The van der Waals surface area contributed by atoms with Crippen LogP contribution in [-0.2, 0) is 25.5 Å². The van der Waals surface area contributed by atoms with E-state index in [0.29, 0.717) is 6.42 Å². The fourth-order valence-corrected chi connectivity index (χ4v) is 2.29. The maximum atomic E-state index is 12.1. The lowest BCUT2D eigenvalue weighted by molar-refractivity contribution is -0.131. The molecule has 5 N–H and O–H groups in total. The minimum absolute atomic E-state index is 0.0419. The lowest BCUT2D eigenvalue weighted by Gasteiger charge is -2.17. The van der Waals surface area contributed by atoms with Gasteiger partial charge in [-0.3, -0.25) is 14.4 Å². The lowest BCUT2D eigenvalue weighted by Crippen LogP contribution is -2.49. The Morgan fingerprint density at radius 2 is 1.85 bits per heavy atom. The summed E-state index contributed by atoms with van der Waals surface area (Å²) in [5, 5.41) is 7.28. The first-order chi connectivity index (χ1) is 12.9. The Morgan fingerprint density at radius 1 is 1.15 bits per heavy atom. The molecule has 0 radical (unpaired) electrons. The Bertz CT molecular complexity index is 636. The minimum atomic E-state index is -1.06. The molecular formula is C18H26N4O5. The van der Waals surface area contributed by atoms with E-state index in [0.717, 1.165) is 12.0 Å². The first kappa shape index (κ1) is 21.9. The SMILES string of the molecule is CNC(=O)OCCNC(=O)C(CC(N)=O)NC(=O)CCCc1ccccc1. The van der Waals surface area contributed by atoms with Crippen LogP contribution in [0.25, 0.3) is 0 Å². The van der Waals surface area contributed by atoms with Crippen molar-refractivity contribution in [3.63, 3.8) is 0 Å². The number of carbonyl (C=O) groups is 4. The second-order valence-electron chi connectivity index (χ2n) is 5.81. The summed E-state index contributed by atoms with van der Waals surface area (Å²) in [6, 6.07) is 8.66. The molecule has 0 saturated carbocycles. The van der Waals surface area contributed by atoms with Gasteiger partial charge in [0, 0.05) is 13.5 Å². The molecule has 0 spiro atoms. The van der Waals surface area contributed by atoms with Crippen LogP contribution >= 0.6 is 0 Å². The number of aryl methyl sites for hydroxylation is 1. The number of nitrogens with two attached hydrogens (primary N) is 1. The molecular weight excluding hydrogens is 352 g/mol. The Labute approximate surface area is 158 Å². The largest absolute Gasteiger partial charge is 0.448 e. The van der Waals surface area contributed by atoms with Crippen molar-refractivity contribution >= 4 is 23.8 Å². The predicted molar refractivity (Wildman–Crippen MR) is 98.5 cm³/mol. The molecule has 1 aromatic carbocycles. The van der Waals surface area contributed by atoms with Crippen molar-refractivity contribution in [2.24, 2.45) is 5.73 Å². The molecule has 1 unspecified atom stereocenters. The van der Waals surface area contributed by atoms with Crippen molar-refractivity contribution in [2.45, 2.75) is 31.7 Å². The fraction of sp³-hybridized carbons (Fsp3) is 0.444. The van der Waals surface area contributed by atoms with Gasteiger partial charge >= 0.3 is 6.09 Å². The third-order valence-corrected chi connectivity index (χ3v) is 3.61. The second kappa shape index (κ2) is 12.3. The molecule has 148 valence electrons. The molecule has 0 aliphatic heterocycles. The standard InChI is InChI=1S/C18H26N4O5/c1-20-18(26)27-11-10-21-17(25)14(12-15(19)23)22-16(24)9-5-8-13-6-3-2-4-7-13/h2-4,6-7,14H,5,8-12H2,1H3,(H2,19,23)(H,20,26)(H,21,25)(H,22,24). The Kier molecular flexibility index (Phi) is 9.98. The topological polar surface area (TPSA) is 140 Å². The summed E-state index contributed by atoms with van der Waals surface area (Å²) >= 11 is 0. The zero-order valence-electron chi connectivity index (χ0n) is 15.3. The number of rotatable bonds is 11. The summed E-state index contributed by atoms with van der Waals surface area (Å²) in [4.78, 5) is 46.3. The molecule has 27 heavy (non-hydrogen) atoms. The van der Waals surface area contributed by atoms with Crippen LogP contribution in [0.3, 0.4) is 0 Å². The first-order valence-corrected chi connectivity index (χ1v) is 8.66. The van der Waals surface area contributed by atoms with Gasteiger partial charge < -0.3 is 26.4 Å². The number of nitrogens with one attached hydrogen (secondary N) is 3. The summed E-state index contributed by atoms with van der Waals surface area (Å²) in [6.07, 6.45) is 0.632. The summed E-state index contributed by atoms with van der Waals surface area (Å²) < 4.78 is 4.73. The Hall–Kier alpha value is -3.10. The minimum Gasteiger partial charge on any atom is -0.448 e. The average molecular weight is 378 g/mol. The highest BCUT2D eigenvalue weighted by Crippen LogP contribution is 2.05. The molecule has 4 amide bonds. The van der Waals surface area contributed by atoms with E-state index in [-0.39, 0.29) is 31.9 Å². The van der Waals surface area contributed by atoms with Crippen LogP contribution in [0.1, 0.15) is 24.8 Å². The zero-order valence-corrected chi connectivity index (χ0v) is 15.3. The number of primary amides is 1. The van der Waals surface area contributed by atoms with E-state index in [1.807, 2.05) is 30.3 Å². The van der Waals surface area contributed by atoms with Crippen molar-refractivity contribution < 1.29 is 23.9 Å². The van der Waals surface area contributed by atoms with Crippen molar-refractivity contribution in [1.29, 1.82) is 0 Å². The second-order valence-corrected chi connectivity index (χ2v) is 5.81. The van der Waals surface area contributed by atoms with E-state index in [1.54, 1.807) is 0 Å². The summed E-state index contributed by atoms with van der Waals surface area (Å²) in [6.45, 7) is 0.00508. The van der Waals surface area contributed by atoms with Crippen LogP contribution in [0, 0.1) is 0 Å². The number of carbonyl (C=O) groups excluding carboxylic acids is 4. The molecule has 0 aliphatic rings. The molecule has 9 nitrogen and oxygen atoms in total. The molecule has 1 atom stereocenters. The van der Waals surface area contributed by atoms with E-state index >= 15 is 0 Å². The van der Waals surface area contributed by atoms with Crippen LogP contribution in [0.2, 0.25) is 0 Å². The van der Waals surface area contributed by atoms with Gasteiger partial charge in [0.2, 0.25) is 17.7 Å². The molecule has 0 aliphatic carbocycles. The molecule has 1 aromatic rings. The Balaban J connectivity index is 2.40. The van der Waals surface area contributed by atoms with Crippen molar-refractivity contribution in [1.82, 2.24) is 16.0 Å². The molecule has 0 fully saturated rings. The molecule has 0 bridgehead atoms. The number of hydrogen-bond acceptors (Lipinski definition) is 5. The third-order valence-electron chi connectivity index (χ3n) is 3.61.